The zero-order valence-electron chi connectivity index (χ0n) is 21.6. The van der Waals surface area contributed by atoms with Crippen molar-refractivity contribution >= 4 is 5.91 Å². The lowest BCUT2D eigenvalue weighted by Gasteiger charge is -2.32. The summed E-state index contributed by atoms with van der Waals surface area (Å²) in [6.45, 7) is 6.01. The molecule has 0 bridgehead atoms. The summed E-state index contributed by atoms with van der Waals surface area (Å²) in [7, 11) is 0. The molecule has 0 aliphatic carbocycles. The van der Waals surface area contributed by atoms with E-state index >= 15 is 0 Å². The second-order valence-electron chi connectivity index (χ2n) is 10.5. The SMILES string of the molecule is Cc1ccccc1[C@H]1C2CC(N3CCOCC3)C(=O)N2C[C@@H]1O[C@H](C)c1cc(C(F)(F)F)cc(C(F)(F)F)c1. The van der Waals surface area contributed by atoms with Crippen LogP contribution in [0.4, 0.5) is 26.3 Å². The monoisotopic (exact) mass is 556 g/mol. The number of hydrogen-bond acceptors (Lipinski definition) is 4. The maximum atomic E-state index is 13.5. The van der Waals surface area contributed by atoms with Gasteiger partial charge in [-0.1, -0.05) is 24.3 Å². The van der Waals surface area contributed by atoms with Gasteiger partial charge in [-0.05, 0) is 55.2 Å². The number of aryl methyl sites for hydroxylation is 1. The third kappa shape index (κ3) is 5.53. The average molecular weight is 557 g/mol. The van der Waals surface area contributed by atoms with Crippen LogP contribution in [-0.2, 0) is 26.6 Å². The van der Waals surface area contributed by atoms with Crippen molar-refractivity contribution in [3.05, 3.63) is 70.3 Å². The number of nitrogens with zero attached hydrogens (tertiary/aromatic N) is 2. The van der Waals surface area contributed by atoms with E-state index in [2.05, 4.69) is 4.90 Å². The molecule has 3 fully saturated rings. The summed E-state index contributed by atoms with van der Waals surface area (Å²) >= 11 is 0. The number of benzene rings is 2. The summed E-state index contributed by atoms with van der Waals surface area (Å²) in [6, 6.07) is 8.70. The molecule has 212 valence electrons. The number of carbonyl (C=O) groups is 1. The predicted octanol–water partition coefficient (Wildman–Crippen LogP) is 5.58. The van der Waals surface area contributed by atoms with Gasteiger partial charge in [0.05, 0.1) is 42.6 Å². The fraction of sp³-hybridized carbons (Fsp3) is 0.536. The Morgan fingerprint density at radius 2 is 1.59 bits per heavy atom. The molecule has 5 atom stereocenters. The second kappa shape index (κ2) is 10.4. The lowest BCUT2D eigenvalue weighted by molar-refractivity contribution is -0.143. The quantitative estimate of drug-likeness (QED) is 0.452. The van der Waals surface area contributed by atoms with E-state index in [0.717, 1.165) is 11.1 Å². The molecule has 0 saturated carbocycles. The molecule has 2 unspecified atom stereocenters. The summed E-state index contributed by atoms with van der Waals surface area (Å²) in [5.74, 6) is -0.311. The Kier molecular flexibility index (Phi) is 7.45. The van der Waals surface area contributed by atoms with Crippen LogP contribution in [0.5, 0.6) is 0 Å². The van der Waals surface area contributed by atoms with E-state index in [1.165, 1.54) is 6.92 Å². The van der Waals surface area contributed by atoms with Crippen molar-refractivity contribution in [2.45, 2.75) is 62.8 Å². The number of rotatable bonds is 5. The molecular formula is C28H30F6N2O3. The van der Waals surface area contributed by atoms with E-state index in [9.17, 15) is 31.1 Å². The number of alkyl halides is 6. The zero-order chi connectivity index (χ0) is 28.1. The van der Waals surface area contributed by atoms with E-state index in [-0.39, 0.29) is 42.1 Å². The Bertz CT molecular complexity index is 1180. The largest absolute Gasteiger partial charge is 0.416 e. The highest BCUT2D eigenvalue weighted by molar-refractivity contribution is 5.85. The van der Waals surface area contributed by atoms with Gasteiger partial charge in [-0.2, -0.15) is 26.3 Å². The number of hydrogen-bond donors (Lipinski definition) is 0. The summed E-state index contributed by atoms with van der Waals surface area (Å²) in [5.41, 5.74) is -1.04. The van der Waals surface area contributed by atoms with Crippen LogP contribution < -0.4 is 0 Å². The van der Waals surface area contributed by atoms with Crippen LogP contribution in [-0.4, -0.2) is 66.7 Å². The lowest BCUT2D eigenvalue weighted by Crippen LogP contribution is -2.47. The van der Waals surface area contributed by atoms with Crippen molar-refractivity contribution in [3.8, 4) is 0 Å². The molecule has 0 aromatic heterocycles. The van der Waals surface area contributed by atoms with Crippen molar-refractivity contribution in [2.24, 2.45) is 0 Å². The lowest BCUT2D eigenvalue weighted by atomic mass is 9.85. The molecular weight excluding hydrogens is 526 g/mol. The third-order valence-electron chi connectivity index (χ3n) is 8.12. The molecule has 0 spiro atoms. The van der Waals surface area contributed by atoms with E-state index in [1.807, 2.05) is 31.2 Å². The van der Waals surface area contributed by atoms with E-state index in [0.29, 0.717) is 44.9 Å². The number of morpholine rings is 1. The highest BCUT2D eigenvalue weighted by Gasteiger charge is 2.54. The van der Waals surface area contributed by atoms with E-state index in [4.69, 9.17) is 9.47 Å². The van der Waals surface area contributed by atoms with Gasteiger partial charge in [0, 0.05) is 31.6 Å². The Morgan fingerprint density at radius 1 is 0.974 bits per heavy atom. The molecule has 11 heteroatoms. The minimum absolute atomic E-state index is 0.0299. The molecule has 1 amide bonds. The first-order chi connectivity index (χ1) is 18.3. The van der Waals surface area contributed by atoms with Gasteiger partial charge in [-0.15, -0.1) is 0 Å². The topological polar surface area (TPSA) is 42.0 Å². The fourth-order valence-corrected chi connectivity index (χ4v) is 6.18. The van der Waals surface area contributed by atoms with Crippen molar-refractivity contribution in [2.75, 3.05) is 32.8 Å². The molecule has 5 rings (SSSR count). The Morgan fingerprint density at radius 3 is 2.18 bits per heavy atom. The molecule has 3 saturated heterocycles. The van der Waals surface area contributed by atoms with Crippen LogP contribution in [0.25, 0.3) is 0 Å². The molecule has 39 heavy (non-hydrogen) atoms. The highest BCUT2D eigenvalue weighted by Crippen LogP contribution is 2.46. The van der Waals surface area contributed by atoms with Gasteiger partial charge in [0.1, 0.15) is 0 Å². The van der Waals surface area contributed by atoms with Crippen LogP contribution in [0.2, 0.25) is 0 Å². The van der Waals surface area contributed by atoms with Gasteiger partial charge < -0.3 is 14.4 Å². The van der Waals surface area contributed by atoms with Crippen LogP contribution in [0, 0.1) is 6.92 Å². The van der Waals surface area contributed by atoms with Crippen molar-refractivity contribution in [1.29, 1.82) is 0 Å². The highest BCUT2D eigenvalue weighted by atomic mass is 19.4. The molecule has 3 heterocycles. The van der Waals surface area contributed by atoms with Crippen molar-refractivity contribution in [1.82, 2.24) is 9.80 Å². The maximum absolute atomic E-state index is 13.5. The van der Waals surface area contributed by atoms with Crippen LogP contribution in [0.1, 0.15) is 53.2 Å². The van der Waals surface area contributed by atoms with E-state index in [1.54, 1.807) is 4.90 Å². The third-order valence-corrected chi connectivity index (χ3v) is 8.12. The van der Waals surface area contributed by atoms with Gasteiger partial charge in [-0.3, -0.25) is 9.69 Å². The Balaban J connectivity index is 1.45. The van der Waals surface area contributed by atoms with Gasteiger partial charge in [0.15, 0.2) is 0 Å². The maximum Gasteiger partial charge on any atom is 0.416 e. The van der Waals surface area contributed by atoms with Crippen LogP contribution >= 0.6 is 0 Å². The van der Waals surface area contributed by atoms with Gasteiger partial charge in [0.2, 0.25) is 5.91 Å². The first-order valence-corrected chi connectivity index (χ1v) is 13.0. The summed E-state index contributed by atoms with van der Waals surface area (Å²) in [4.78, 5) is 17.4. The van der Waals surface area contributed by atoms with E-state index < -0.39 is 35.7 Å². The van der Waals surface area contributed by atoms with Gasteiger partial charge in [-0.25, -0.2) is 0 Å². The first-order valence-electron chi connectivity index (χ1n) is 13.0. The normalized spacial score (nSPS) is 27.2. The number of carbonyl (C=O) groups excluding carboxylic acids is 1. The predicted molar refractivity (Wildman–Crippen MR) is 130 cm³/mol. The molecule has 0 radical (unpaired) electrons. The molecule has 5 nitrogen and oxygen atoms in total. The standard InChI is InChI=1S/C28H30F6N2O3/c1-16-5-3-4-6-21(16)25-22-14-23(35-7-9-38-10-8-35)26(37)36(22)15-24(25)39-17(2)18-11-19(27(29,30)31)13-20(12-18)28(32,33)34/h3-6,11-13,17,22-25H,7-10,14-15H2,1-2H3/t17-,22?,23?,24+,25+/m1/s1. The Hall–Kier alpha value is -2.63. The number of fused-ring (bicyclic) bond motifs is 1. The van der Waals surface area contributed by atoms with Crippen molar-refractivity contribution in [3.63, 3.8) is 0 Å². The second-order valence-corrected chi connectivity index (χ2v) is 10.5. The molecule has 2 aromatic carbocycles. The number of halogens is 6. The summed E-state index contributed by atoms with van der Waals surface area (Å²) in [5, 5.41) is 0. The van der Waals surface area contributed by atoms with Crippen molar-refractivity contribution < 1.29 is 40.6 Å². The number of amides is 1. The summed E-state index contributed by atoms with van der Waals surface area (Å²) in [6.07, 6.45) is -11.0. The van der Waals surface area contributed by atoms with Gasteiger partial charge >= 0.3 is 12.4 Å². The molecule has 0 N–H and O–H groups in total. The zero-order valence-corrected chi connectivity index (χ0v) is 21.6. The van der Waals surface area contributed by atoms with Crippen LogP contribution in [0.15, 0.2) is 42.5 Å². The van der Waals surface area contributed by atoms with Crippen LogP contribution in [0.3, 0.4) is 0 Å². The van der Waals surface area contributed by atoms with Gasteiger partial charge in [0.25, 0.3) is 0 Å². The fourth-order valence-electron chi connectivity index (χ4n) is 6.18. The minimum atomic E-state index is -4.95. The Labute approximate surface area is 222 Å². The number of ether oxygens (including phenoxy) is 2. The average Bonchev–Trinajstić information content (AvgIpc) is 3.39. The molecule has 3 aliphatic rings. The summed E-state index contributed by atoms with van der Waals surface area (Å²) < 4.78 is 92.4. The minimum Gasteiger partial charge on any atom is -0.379 e. The molecule has 3 aliphatic heterocycles. The first kappa shape index (κ1) is 27.9. The smallest absolute Gasteiger partial charge is 0.379 e. The molecule has 2 aromatic rings.